The third-order valence-electron chi connectivity index (χ3n) is 8.05. The van der Waals surface area contributed by atoms with Crippen LogP contribution in [0.1, 0.15) is 24.0 Å². The molecule has 0 saturated heterocycles. The highest BCUT2D eigenvalue weighted by atomic mass is 16.6. The Kier molecular flexibility index (Phi) is 11.5. The highest BCUT2D eigenvalue weighted by Gasteiger charge is 2.25. The number of fused-ring (bicyclic) bond motifs is 4. The van der Waals surface area contributed by atoms with Crippen LogP contribution in [-0.2, 0) is 41.4 Å². The Bertz CT molecular complexity index is 1640. The van der Waals surface area contributed by atoms with E-state index >= 15 is 0 Å². The highest BCUT2D eigenvalue weighted by molar-refractivity contribution is 5.93. The van der Waals surface area contributed by atoms with Crippen molar-refractivity contribution in [3.63, 3.8) is 0 Å². The summed E-state index contributed by atoms with van der Waals surface area (Å²) < 4.78 is 47.0. The number of allylic oxidation sites excluding steroid dienone is 1. The summed E-state index contributed by atoms with van der Waals surface area (Å²) in [7, 11) is 0. The summed E-state index contributed by atoms with van der Waals surface area (Å²) in [5.74, 6) is 0.280. The minimum absolute atomic E-state index is 0.191. The van der Waals surface area contributed by atoms with E-state index in [2.05, 4.69) is 6.58 Å². The molecule has 0 aliphatic carbocycles. The smallest absolute Gasteiger partial charge is 0.311 e. The lowest BCUT2D eigenvalue weighted by atomic mass is 9.92. The molecule has 6 rings (SSSR count). The van der Waals surface area contributed by atoms with Crippen molar-refractivity contribution in [3.8, 4) is 23.0 Å². The maximum Gasteiger partial charge on any atom is 0.311 e. The predicted molar refractivity (Wildman–Crippen MR) is 179 cm³/mol. The van der Waals surface area contributed by atoms with Crippen LogP contribution in [0.2, 0.25) is 0 Å². The van der Waals surface area contributed by atoms with Gasteiger partial charge in [-0.05, 0) is 46.5 Å². The first kappa shape index (κ1) is 33.4. The standard InChI is InChI=1S/C38H40O10/c1-26-22-31-29-8-4-2-6-27(29)24-33-37(31)47-35(39)10-11-36(40)48-38-32(23-26)30-9-5-3-7-28(30)25-34(38)46-21-19-44-17-15-42-13-12-41-14-16-43-18-20-45-33/h2-9,24-25H,1,10-23H2. The van der Waals surface area contributed by atoms with Crippen LogP contribution in [0.15, 0.2) is 72.8 Å². The van der Waals surface area contributed by atoms with Crippen LogP contribution in [0.25, 0.3) is 21.5 Å². The maximum atomic E-state index is 13.3. The van der Waals surface area contributed by atoms with Crippen molar-refractivity contribution < 1.29 is 47.5 Å². The Balaban J connectivity index is 1.42. The first-order valence-corrected chi connectivity index (χ1v) is 16.3. The lowest BCUT2D eigenvalue weighted by molar-refractivity contribution is -0.140. The summed E-state index contributed by atoms with van der Waals surface area (Å²) in [6, 6.07) is 19.5. The number of benzene rings is 4. The van der Waals surface area contributed by atoms with Crippen molar-refractivity contribution in [2.75, 3.05) is 66.1 Å². The summed E-state index contributed by atoms with van der Waals surface area (Å²) in [6.45, 7) is 8.02. The number of carbonyl (C=O) groups excluding carboxylic acids is 2. The Hall–Kier alpha value is -4.48. The van der Waals surface area contributed by atoms with Gasteiger partial charge in [0.25, 0.3) is 0 Å². The second-order valence-corrected chi connectivity index (χ2v) is 11.5. The van der Waals surface area contributed by atoms with E-state index < -0.39 is 11.9 Å². The van der Waals surface area contributed by atoms with Gasteiger partial charge in [-0.15, -0.1) is 0 Å². The molecule has 4 aromatic rings. The number of hydrogen-bond acceptors (Lipinski definition) is 10. The fraction of sp³-hybridized carbons (Fsp3) is 0.368. The van der Waals surface area contributed by atoms with E-state index in [-0.39, 0.29) is 26.1 Å². The van der Waals surface area contributed by atoms with Crippen LogP contribution in [0.4, 0.5) is 0 Å². The van der Waals surface area contributed by atoms with Crippen LogP contribution in [0.5, 0.6) is 23.0 Å². The predicted octanol–water partition coefficient (Wildman–Crippen LogP) is 5.78. The molecule has 0 N–H and O–H groups in total. The van der Waals surface area contributed by atoms with Crippen LogP contribution in [0, 0.1) is 0 Å². The molecule has 2 heterocycles. The topological polar surface area (TPSA) is 108 Å². The fourth-order valence-corrected chi connectivity index (χ4v) is 5.82. The second kappa shape index (κ2) is 16.6. The minimum atomic E-state index is -0.579. The molecule has 252 valence electrons. The van der Waals surface area contributed by atoms with Gasteiger partial charge in [0.1, 0.15) is 13.2 Å². The average Bonchev–Trinajstić information content (AvgIpc) is 3.09. The van der Waals surface area contributed by atoms with Gasteiger partial charge in [0, 0.05) is 11.1 Å². The molecule has 0 amide bonds. The molecule has 0 spiro atoms. The van der Waals surface area contributed by atoms with Gasteiger partial charge in [0.05, 0.1) is 65.7 Å². The lowest BCUT2D eigenvalue weighted by Crippen LogP contribution is -2.17. The fourth-order valence-electron chi connectivity index (χ4n) is 5.82. The quantitative estimate of drug-likeness (QED) is 0.131. The number of esters is 2. The third kappa shape index (κ3) is 8.51. The number of ether oxygens (including phenoxy) is 8. The zero-order valence-electron chi connectivity index (χ0n) is 27.0. The Morgan fingerprint density at radius 3 is 1.29 bits per heavy atom. The molecular formula is C38H40O10. The van der Waals surface area contributed by atoms with Crippen molar-refractivity contribution in [1.29, 1.82) is 0 Å². The zero-order chi connectivity index (χ0) is 33.1. The SMILES string of the molecule is C=C1Cc2c3c(cc4ccccc24)OCCOCCOCCOCCOCCOc2cc4ccccc4c(c2OC(=O)CCC(=O)O3)C1. The van der Waals surface area contributed by atoms with Crippen molar-refractivity contribution in [2.45, 2.75) is 25.7 Å². The van der Waals surface area contributed by atoms with Gasteiger partial charge in [-0.3, -0.25) is 9.59 Å². The van der Waals surface area contributed by atoms with Gasteiger partial charge in [0.15, 0.2) is 23.0 Å². The van der Waals surface area contributed by atoms with Crippen molar-refractivity contribution in [3.05, 3.63) is 83.9 Å². The van der Waals surface area contributed by atoms with Crippen LogP contribution < -0.4 is 18.9 Å². The molecule has 0 fully saturated rings. The minimum Gasteiger partial charge on any atom is -0.487 e. The highest BCUT2D eigenvalue weighted by Crippen LogP contribution is 2.43. The monoisotopic (exact) mass is 656 g/mol. The molecule has 0 aromatic heterocycles. The number of rotatable bonds is 0. The number of hydrogen-bond donors (Lipinski definition) is 0. The Labute approximate surface area is 279 Å². The molecule has 6 bridgehead atoms. The van der Waals surface area contributed by atoms with Gasteiger partial charge in [0.2, 0.25) is 0 Å². The molecule has 4 aromatic carbocycles. The van der Waals surface area contributed by atoms with Gasteiger partial charge >= 0.3 is 11.9 Å². The van der Waals surface area contributed by atoms with Crippen molar-refractivity contribution >= 4 is 33.5 Å². The molecule has 2 aliphatic rings. The van der Waals surface area contributed by atoms with E-state index in [4.69, 9.17) is 37.9 Å². The van der Waals surface area contributed by atoms with Crippen LogP contribution in [-0.4, -0.2) is 78.0 Å². The van der Waals surface area contributed by atoms with Gasteiger partial charge in [-0.2, -0.15) is 0 Å². The number of carbonyl (C=O) groups is 2. The van der Waals surface area contributed by atoms with Crippen molar-refractivity contribution in [2.24, 2.45) is 0 Å². The molecular weight excluding hydrogens is 616 g/mol. The van der Waals surface area contributed by atoms with E-state index in [1.54, 1.807) is 0 Å². The molecule has 10 heteroatoms. The normalized spacial score (nSPS) is 18.1. The van der Waals surface area contributed by atoms with Crippen LogP contribution >= 0.6 is 0 Å². The summed E-state index contributed by atoms with van der Waals surface area (Å²) in [4.78, 5) is 26.5. The van der Waals surface area contributed by atoms with Gasteiger partial charge < -0.3 is 37.9 Å². The van der Waals surface area contributed by atoms with E-state index in [1.807, 2.05) is 60.7 Å². The van der Waals surface area contributed by atoms with E-state index in [0.29, 0.717) is 88.7 Å². The third-order valence-corrected chi connectivity index (χ3v) is 8.05. The molecule has 0 atom stereocenters. The largest absolute Gasteiger partial charge is 0.487 e. The summed E-state index contributed by atoms with van der Waals surface area (Å²) in [5.41, 5.74) is 2.35. The lowest BCUT2D eigenvalue weighted by Gasteiger charge is -2.20. The molecule has 48 heavy (non-hydrogen) atoms. The van der Waals surface area contributed by atoms with Crippen LogP contribution in [0.3, 0.4) is 0 Å². The van der Waals surface area contributed by atoms with E-state index in [9.17, 15) is 9.59 Å². The maximum absolute atomic E-state index is 13.3. The van der Waals surface area contributed by atoms with E-state index in [0.717, 1.165) is 38.2 Å². The zero-order valence-corrected chi connectivity index (χ0v) is 27.0. The molecule has 0 unspecified atom stereocenters. The summed E-state index contributed by atoms with van der Waals surface area (Å²) in [6.07, 6.45) is 0.362. The van der Waals surface area contributed by atoms with Gasteiger partial charge in [-0.1, -0.05) is 60.7 Å². The van der Waals surface area contributed by atoms with Crippen molar-refractivity contribution in [1.82, 2.24) is 0 Å². The molecule has 10 nitrogen and oxygen atoms in total. The molecule has 0 saturated carbocycles. The first-order chi connectivity index (χ1) is 23.6. The van der Waals surface area contributed by atoms with Gasteiger partial charge in [-0.25, -0.2) is 0 Å². The Morgan fingerprint density at radius 2 is 0.875 bits per heavy atom. The summed E-state index contributed by atoms with van der Waals surface area (Å²) >= 11 is 0. The summed E-state index contributed by atoms with van der Waals surface area (Å²) in [5, 5.41) is 3.67. The average molecular weight is 657 g/mol. The second-order valence-electron chi connectivity index (χ2n) is 11.5. The van der Waals surface area contributed by atoms with E-state index in [1.165, 1.54) is 0 Å². The first-order valence-electron chi connectivity index (χ1n) is 16.3. The molecule has 2 aliphatic heterocycles. The Morgan fingerprint density at radius 1 is 0.500 bits per heavy atom. The molecule has 0 radical (unpaired) electrons.